The standard InChI is InChI=1S/C15H22ClNO3/c1-19-15(6-3-7-15)11-17-9-13(18)10-20-14-5-2-4-12(16)8-14/h2,4-5,8,13,17-18H,3,6-7,9-11H2,1H3. The van der Waals surface area contributed by atoms with Crippen LogP contribution in [0.3, 0.4) is 0 Å². The van der Waals surface area contributed by atoms with Crippen LogP contribution in [-0.2, 0) is 4.74 Å². The Balaban J connectivity index is 1.64. The largest absolute Gasteiger partial charge is 0.491 e. The van der Waals surface area contributed by atoms with E-state index in [0.29, 0.717) is 17.3 Å². The minimum Gasteiger partial charge on any atom is -0.491 e. The molecule has 1 aromatic rings. The van der Waals surface area contributed by atoms with E-state index in [2.05, 4.69) is 5.32 Å². The monoisotopic (exact) mass is 299 g/mol. The first-order valence-electron chi connectivity index (χ1n) is 6.96. The number of hydrogen-bond acceptors (Lipinski definition) is 4. The van der Waals surface area contributed by atoms with Crippen molar-refractivity contribution in [3.8, 4) is 5.75 Å². The number of benzene rings is 1. The maximum atomic E-state index is 9.88. The Bertz CT molecular complexity index is 418. The molecule has 0 spiro atoms. The van der Waals surface area contributed by atoms with Gasteiger partial charge in [0.1, 0.15) is 18.5 Å². The lowest BCUT2D eigenvalue weighted by Crippen LogP contribution is -2.49. The summed E-state index contributed by atoms with van der Waals surface area (Å²) in [5.41, 5.74) is -0.0203. The molecule has 1 aliphatic rings. The molecule has 0 radical (unpaired) electrons. The van der Waals surface area contributed by atoms with E-state index in [1.54, 1.807) is 19.2 Å². The molecule has 1 atom stereocenters. The van der Waals surface area contributed by atoms with Gasteiger partial charge in [-0.05, 0) is 37.5 Å². The average molecular weight is 300 g/mol. The van der Waals surface area contributed by atoms with Gasteiger partial charge < -0.3 is 19.9 Å². The Morgan fingerprint density at radius 3 is 2.85 bits per heavy atom. The molecular weight excluding hydrogens is 278 g/mol. The van der Waals surface area contributed by atoms with Gasteiger partial charge in [0.15, 0.2) is 0 Å². The SMILES string of the molecule is COC1(CNCC(O)COc2cccc(Cl)c2)CCC1. The Morgan fingerprint density at radius 2 is 2.25 bits per heavy atom. The highest BCUT2D eigenvalue weighted by molar-refractivity contribution is 6.30. The van der Waals surface area contributed by atoms with Crippen molar-refractivity contribution in [3.05, 3.63) is 29.3 Å². The first-order chi connectivity index (χ1) is 9.63. The summed E-state index contributed by atoms with van der Waals surface area (Å²) in [7, 11) is 1.75. The summed E-state index contributed by atoms with van der Waals surface area (Å²) in [6.07, 6.45) is 2.84. The van der Waals surface area contributed by atoms with Crippen molar-refractivity contribution in [3.63, 3.8) is 0 Å². The predicted molar refractivity (Wildman–Crippen MR) is 79.4 cm³/mol. The Labute approximate surface area is 125 Å². The van der Waals surface area contributed by atoms with E-state index in [1.807, 2.05) is 12.1 Å². The van der Waals surface area contributed by atoms with E-state index >= 15 is 0 Å². The van der Waals surface area contributed by atoms with Gasteiger partial charge in [-0.3, -0.25) is 0 Å². The van der Waals surface area contributed by atoms with Gasteiger partial charge in [0.05, 0.1) is 5.60 Å². The molecule has 112 valence electrons. The Morgan fingerprint density at radius 1 is 1.45 bits per heavy atom. The summed E-state index contributed by atoms with van der Waals surface area (Å²) in [5.74, 6) is 0.670. The highest BCUT2D eigenvalue weighted by Crippen LogP contribution is 2.34. The molecule has 1 aromatic carbocycles. The molecule has 0 amide bonds. The molecule has 2 N–H and O–H groups in total. The second-order valence-electron chi connectivity index (χ2n) is 5.29. The maximum Gasteiger partial charge on any atom is 0.120 e. The van der Waals surface area contributed by atoms with E-state index in [4.69, 9.17) is 21.1 Å². The first kappa shape index (κ1) is 15.6. The van der Waals surface area contributed by atoms with Gasteiger partial charge in [-0.25, -0.2) is 0 Å². The highest BCUT2D eigenvalue weighted by Gasteiger charge is 2.36. The van der Waals surface area contributed by atoms with Gasteiger partial charge in [-0.1, -0.05) is 17.7 Å². The van der Waals surface area contributed by atoms with Crippen molar-refractivity contribution in [2.24, 2.45) is 0 Å². The summed E-state index contributed by atoms with van der Waals surface area (Å²) >= 11 is 5.86. The number of ether oxygens (including phenoxy) is 2. The molecule has 1 fully saturated rings. The fourth-order valence-corrected chi connectivity index (χ4v) is 2.48. The third-order valence-corrected chi connectivity index (χ3v) is 4.00. The van der Waals surface area contributed by atoms with Crippen LogP contribution in [0.2, 0.25) is 5.02 Å². The lowest BCUT2D eigenvalue weighted by molar-refractivity contribution is -0.0706. The minimum absolute atomic E-state index is 0.0203. The van der Waals surface area contributed by atoms with Crippen molar-refractivity contribution in [2.75, 3.05) is 26.8 Å². The normalized spacial score (nSPS) is 18.4. The van der Waals surface area contributed by atoms with Crippen LogP contribution in [-0.4, -0.2) is 43.6 Å². The van der Waals surface area contributed by atoms with Gasteiger partial charge in [0.2, 0.25) is 0 Å². The van der Waals surface area contributed by atoms with E-state index in [9.17, 15) is 5.11 Å². The molecule has 20 heavy (non-hydrogen) atoms. The second kappa shape index (κ2) is 7.27. The third kappa shape index (κ3) is 4.35. The van der Waals surface area contributed by atoms with Gasteiger partial charge in [-0.15, -0.1) is 0 Å². The molecule has 1 unspecified atom stereocenters. The lowest BCUT2D eigenvalue weighted by atomic mass is 9.80. The lowest BCUT2D eigenvalue weighted by Gasteiger charge is -2.40. The molecule has 0 heterocycles. The molecule has 0 saturated heterocycles. The number of hydrogen-bond donors (Lipinski definition) is 2. The summed E-state index contributed by atoms with van der Waals surface area (Å²) in [6, 6.07) is 7.16. The van der Waals surface area contributed by atoms with Gasteiger partial charge >= 0.3 is 0 Å². The van der Waals surface area contributed by atoms with Gasteiger partial charge in [-0.2, -0.15) is 0 Å². The quantitative estimate of drug-likeness (QED) is 0.773. The van der Waals surface area contributed by atoms with Crippen molar-refractivity contribution in [1.29, 1.82) is 0 Å². The number of methoxy groups -OCH3 is 1. The smallest absolute Gasteiger partial charge is 0.120 e. The number of rotatable bonds is 8. The molecule has 4 nitrogen and oxygen atoms in total. The Hall–Kier alpha value is -0.810. The van der Waals surface area contributed by atoms with Crippen LogP contribution in [0.1, 0.15) is 19.3 Å². The Kier molecular flexibility index (Phi) is 5.66. The average Bonchev–Trinajstić information content (AvgIpc) is 2.40. The topological polar surface area (TPSA) is 50.7 Å². The van der Waals surface area contributed by atoms with Gasteiger partial charge in [0.25, 0.3) is 0 Å². The van der Waals surface area contributed by atoms with Crippen LogP contribution in [0.15, 0.2) is 24.3 Å². The molecule has 0 aromatic heterocycles. The fraction of sp³-hybridized carbons (Fsp3) is 0.600. The molecule has 2 rings (SSSR count). The molecule has 0 bridgehead atoms. The number of aliphatic hydroxyl groups is 1. The van der Waals surface area contributed by atoms with Crippen molar-refractivity contribution in [1.82, 2.24) is 5.32 Å². The van der Waals surface area contributed by atoms with E-state index in [-0.39, 0.29) is 12.2 Å². The zero-order valence-electron chi connectivity index (χ0n) is 11.8. The van der Waals surface area contributed by atoms with Crippen molar-refractivity contribution in [2.45, 2.75) is 31.0 Å². The number of nitrogens with one attached hydrogen (secondary N) is 1. The highest BCUT2D eigenvalue weighted by atomic mass is 35.5. The summed E-state index contributed by atoms with van der Waals surface area (Å²) < 4.78 is 11.0. The number of aliphatic hydroxyl groups excluding tert-OH is 1. The van der Waals surface area contributed by atoms with E-state index in [1.165, 1.54) is 6.42 Å². The molecule has 1 aliphatic carbocycles. The first-order valence-corrected chi connectivity index (χ1v) is 7.34. The van der Waals surface area contributed by atoms with Crippen LogP contribution in [0.4, 0.5) is 0 Å². The van der Waals surface area contributed by atoms with Crippen molar-refractivity contribution >= 4 is 11.6 Å². The zero-order chi connectivity index (χ0) is 14.4. The molecule has 0 aliphatic heterocycles. The molecule has 1 saturated carbocycles. The van der Waals surface area contributed by atoms with Crippen LogP contribution >= 0.6 is 11.6 Å². The third-order valence-electron chi connectivity index (χ3n) is 3.76. The molecular formula is C15H22ClNO3. The second-order valence-corrected chi connectivity index (χ2v) is 5.73. The van der Waals surface area contributed by atoms with E-state index < -0.39 is 6.10 Å². The molecule has 5 heteroatoms. The fourth-order valence-electron chi connectivity index (χ4n) is 2.30. The van der Waals surface area contributed by atoms with Crippen LogP contribution in [0.25, 0.3) is 0 Å². The van der Waals surface area contributed by atoms with Crippen LogP contribution < -0.4 is 10.1 Å². The van der Waals surface area contributed by atoms with E-state index in [0.717, 1.165) is 19.4 Å². The maximum absolute atomic E-state index is 9.88. The summed E-state index contributed by atoms with van der Waals surface area (Å²) in [5, 5.41) is 13.8. The zero-order valence-corrected chi connectivity index (χ0v) is 12.5. The minimum atomic E-state index is -0.553. The summed E-state index contributed by atoms with van der Waals surface area (Å²) in [4.78, 5) is 0. The van der Waals surface area contributed by atoms with Crippen LogP contribution in [0, 0.1) is 0 Å². The van der Waals surface area contributed by atoms with Crippen molar-refractivity contribution < 1.29 is 14.6 Å². The summed E-state index contributed by atoms with van der Waals surface area (Å²) in [6.45, 7) is 1.51. The number of halogens is 1. The van der Waals surface area contributed by atoms with Crippen LogP contribution in [0.5, 0.6) is 5.75 Å². The van der Waals surface area contributed by atoms with Gasteiger partial charge in [0, 0.05) is 25.2 Å². The predicted octanol–water partition coefficient (Wildman–Crippen LogP) is 2.24.